The molecule has 1 aromatic heterocycles. The summed E-state index contributed by atoms with van der Waals surface area (Å²) in [6.07, 6.45) is 0. The van der Waals surface area contributed by atoms with Gasteiger partial charge >= 0.3 is 0 Å². The molecule has 0 saturated carbocycles. The standard InChI is InChI=1S/C18H14N2O2/c1-13-10-16(15-8-5-9-17(11-15)20(21)22)12-18(19-13)14-6-3-2-4-7-14/h2-12H,1H3. The first-order valence-electron chi connectivity index (χ1n) is 6.92. The molecule has 0 aliphatic heterocycles. The number of benzene rings is 2. The minimum absolute atomic E-state index is 0.0910. The highest BCUT2D eigenvalue weighted by molar-refractivity contribution is 5.72. The summed E-state index contributed by atoms with van der Waals surface area (Å²) in [5.41, 5.74) is 4.60. The van der Waals surface area contributed by atoms with Crippen LogP contribution in [0.1, 0.15) is 5.69 Å². The molecule has 4 nitrogen and oxygen atoms in total. The number of nitro groups is 1. The van der Waals surface area contributed by atoms with Gasteiger partial charge in [-0.1, -0.05) is 42.5 Å². The highest BCUT2D eigenvalue weighted by Crippen LogP contribution is 2.28. The number of aryl methyl sites for hydroxylation is 1. The first-order chi connectivity index (χ1) is 10.6. The molecule has 108 valence electrons. The number of hydrogen-bond acceptors (Lipinski definition) is 3. The van der Waals surface area contributed by atoms with Gasteiger partial charge in [-0.3, -0.25) is 15.1 Å². The summed E-state index contributed by atoms with van der Waals surface area (Å²) in [7, 11) is 0. The zero-order valence-corrected chi connectivity index (χ0v) is 12.1. The van der Waals surface area contributed by atoms with Crippen LogP contribution in [0.15, 0.2) is 66.7 Å². The van der Waals surface area contributed by atoms with Gasteiger partial charge < -0.3 is 0 Å². The molecule has 0 N–H and O–H groups in total. The van der Waals surface area contributed by atoms with Crippen LogP contribution in [0.4, 0.5) is 5.69 Å². The highest BCUT2D eigenvalue weighted by Gasteiger charge is 2.09. The van der Waals surface area contributed by atoms with E-state index in [4.69, 9.17) is 0 Å². The molecule has 0 radical (unpaired) electrons. The minimum Gasteiger partial charge on any atom is -0.258 e. The highest BCUT2D eigenvalue weighted by atomic mass is 16.6. The van der Waals surface area contributed by atoms with Crippen molar-refractivity contribution in [2.45, 2.75) is 6.92 Å². The number of non-ortho nitro benzene ring substituents is 1. The number of aromatic nitrogens is 1. The zero-order chi connectivity index (χ0) is 15.5. The molecule has 0 aliphatic carbocycles. The molecule has 0 aliphatic rings. The van der Waals surface area contributed by atoms with E-state index in [2.05, 4.69) is 4.98 Å². The quantitative estimate of drug-likeness (QED) is 0.522. The van der Waals surface area contributed by atoms with Crippen LogP contribution in [0.25, 0.3) is 22.4 Å². The van der Waals surface area contributed by atoms with Crippen molar-refractivity contribution in [2.75, 3.05) is 0 Å². The molecule has 0 fully saturated rings. The number of nitrogens with zero attached hydrogens (tertiary/aromatic N) is 2. The molecule has 0 bridgehead atoms. The Morgan fingerprint density at radius 3 is 2.32 bits per heavy atom. The monoisotopic (exact) mass is 290 g/mol. The maximum Gasteiger partial charge on any atom is 0.270 e. The first-order valence-corrected chi connectivity index (χ1v) is 6.92. The van der Waals surface area contributed by atoms with Gasteiger partial charge in [0.15, 0.2) is 0 Å². The van der Waals surface area contributed by atoms with Crippen molar-refractivity contribution in [1.29, 1.82) is 0 Å². The molecule has 2 aromatic carbocycles. The summed E-state index contributed by atoms with van der Waals surface area (Å²) in [5, 5.41) is 10.9. The van der Waals surface area contributed by atoms with E-state index in [0.29, 0.717) is 0 Å². The Kier molecular flexibility index (Phi) is 3.66. The number of rotatable bonds is 3. The predicted octanol–water partition coefficient (Wildman–Crippen LogP) is 4.63. The van der Waals surface area contributed by atoms with Gasteiger partial charge in [0.1, 0.15) is 0 Å². The van der Waals surface area contributed by atoms with Gasteiger partial charge in [0.2, 0.25) is 0 Å². The fraction of sp³-hybridized carbons (Fsp3) is 0.0556. The molecular weight excluding hydrogens is 276 g/mol. The van der Waals surface area contributed by atoms with Gasteiger partial charge in [-0.25, -0.2) is 0 Å². The Bertz CT molecular complexity index is 830. The SMILES string of the molecule is Cc1cc(-c2cccc([N+](=O)[O-])c2)cc(-c2ccccc2)n1. The lowest BCUT2D eigenvalue weighted by Crippen LogP contribution is -1.91. The van der Waals surface area contributed by atoms with E-state index in [-0.39, 0.29) is 10.6 Å². The van der Waals surface area contributed by atoms with Crippen molar-refractivity contribution in [3.63, 3.8) is 0 Å². The van der Waals surface area contributed by atoms with Crippen LogP contribution in [0.2, 0.25) is 0 Å². The van der Waals surface area contributed by atoms with Crippen LogP contribution >= 0.6 is 0 Å². The van der Waals surface area contributed by atoms with Gasteiger partial charge in [0.05, 0.1) is 10.6 Å². The summed E-state index contributed by atoms with van der Waals surface area (Å²) in [6.45, 7) is 1.92. The van der Waals surface area contributed by atoms with E-state index >= 15 is 0 Å². The average Bonchev–Trinajstić information content (AvgIpc) is 2.55. The molecule has 0 unspecified atom stereocenters. The molecule has 0 spiro atoms. The Hall–Kier alpha value is -3.01. The van der Waals surface area contributed by atoms with Crippen molar-refractivity contribution in [1.82, 2.24) is 4.98 Å². The summed E-state index contributed by atoms with van der Waals surface area (Å²) in [5.74, 6) is 0. The van der Waals surface area contributed by atoms with Gasteiger partial charge in [-0.15, -0.1) is 0 Å². The van der Waals surface area contributed by atoms with Gasteiger partial charge in [-0.05, 0) is 30.2 Å². The zero-order valence-electron chi connectivity index (χ0n) is 12.1. The molecule has 0 amide bonds. The lowest BCUT2D eigenvalue weighted by molar-refractivity contribution is -0.384. The molecule has 3 aromatic rings. The van der Waals surface area contributed by atoms with E-state index in [1.165, 1.54) is 6.07 Å². The Morgan fingerprint density at radius 1 is 0.864 bits per heavy atom. The lowest BCUT2D eigenvalue weighted by Gasteiger charge is -2.07. The van der Waals surface area contributed by atoms with Crippen molar-refractivity contribution in [2.24, 2.45) is 0 Å². The maximum atomic E-state index is 10.9. The lowest BCUT2D eigenvalue weighted by atomic mass is 10.0. The molecule has 0 atom stereocenters. The largest absolute Gasteiger partial charge is 0.270 e. The van der Waals surface area contributed by atoms with Crippen LogP contribution in [-0.2, 0) is 0 Å². The molecule has 4 heteroatoms. The smallest absolute Gasteiger partial charge is 0.258 e. The fourth-order valence-electron chi connectivity index (χ4n) is 2.39. The van der Waals surface area contributed by atoms with Crippen molar-refractivity contribution in [3.8, 4) is 22.4 Å². The number of pyridine rings is 1. The minimum atomic E-state index is -0.379. The third-order valence-electron chi connectivity index (χ3n) is 3.41. The Morgan fingerprint density at radius 2 is 1.59 bits per heavy atom. The summed E-state index contributed by atoms with van der Waals surface area (Å²) in [6, 6.07) is 20.4. The second-order valence-corrected chi connectivity index (χ2v) is 5.06. The molecular formula is C18H14N2O2. The van der Waals surface area contributed by atoms with Gasteiger partial charge in [0.25, 0.3) is 5.69 Å². The first kappa shape index (κ1) is 13.9. The Balaban J connectivity index is 2.10. The number of hydrogen-bond donors (Lipinski definition) is 0. The van der Waals surface area contributed by atoms with Gasteiger partial charge in [-0.2, -0.15) is 0 Å². The summed E-state index contributed by atoms with van der Waals surface area (Å²) in [4.78, 5) is 15.1. The average molecular weight is 290 g/mol. The van der Waals surface area contributed by atoms with Gasteiger partial charge in [0, 0.05) is 23.4 Å². The second kappa shape index (κ2) is 5.77. The molecule has 22 heavy (non-hydrogen) atoms. The van der Waals surface area contributed by atoms with E-state index in [1.807, 2.05) is 55.5 Å². The molecule has 1 heterocycles. The normalized spacial score (nSPS) is 10.4. The van der Waals surface area contributed by atoms with E-state index in [1.54, 1.807) is 12.1 Å². The van der Waals surface area contributed by atoms with Crippen molar-refractivity contribution in [3.05, 3.63) is 82.5 Å². The van der Waals surface area contributed by atoms with E-state index in [9.17, 15) is 10.1 Å². The van der Waals surface area contributed by atoms with Crippen LogP contribution < -0.4 is 0 Å². The van der Waals surface area contributed by atoms with Crippen LogP contribution in [0, 0.1) is 17.0 Å². The Labute approximate surface area is 128 Å². The van der Waals surface area contributed by atoms with E-state index < -0.39 is 0 Å². The molecule has 3 rings (SSSR count). The summed E-state index contributed by atoms with van der Waals surface area (Å²) >= 11 is 0. The van der Waals surface area contributed by atoms with Crippen molar-refractivity contribution >= 4 is 5.69 Å². The third-order valence-corrected chi connectivity index (χ3v) is 3.41. The van der Waals surface area contributed by atoms with E-state index in [0.717, 1.165) is 28.1 Å². The predicted molar refractivity (Wildman–Crippen MR) is 86.5 cm³/mol. The molecule has 0 saturated heterocycles. The number of nitro benzene ring substituents is 1. The second-order valence-electron chi connectivity index (χ2n) is 5.06. The van der Waals surface area contributed by atoms with Crippen LogP contribution in [-0.4, -0.2) is 9.91 Å². The third kappa shape index (κ3) is 2.86. The van der Waals surface area contributed by atoms with Crippen molar-refractivity contribution < 1.29 is 4.92 Å². The topological polar surface area (TPSA) is 56.0 Å². The van der Waals surface area contributed by atoms with Crippen LogP contribution in [0.5, 0.6) is 0 Å². The maximum absolute atomic E-state index is 10.9. The van der Waals surface area contributed by atoms with Crippen LogP contribution in [0.3, 0.4) is 0 Å². The summed E-state index contributed by atoms with van der Waals surface area (Å²) < 4.78 is 0. The fourth-order valence-corrected chi connectivity index (χ4v) is 2.39.